The Balaban J connectivity index is 1.61. The van der Waals surface area contributed by atoms with Gasteiger partial charge in [-0.2, -0.15) is 4.31 Å². The Labute approximate surface area is 167 Å². The van der Waals surface area contributed by atoms with Crippen molar-refractivity contribution in [3.8, 4) is 0 Å². The van der Waals surface area contributed by atoms with Crippen LogP contribution in [0.2, 0.25) is 0 Å². The van der Waals surface area contributed by atoms with Crippen molar-refractivity contribution in [3.63, 3.8) is 0 Å². The molecule has 0 aliphatic carbocycles. The van der Waals surface area contributed by atoms with Gasteiger partial charge < -0.3 is 4.90 Å². The Bertz CT molecular complexity index is 1020. The van der Waals surface area contributed by atoms with Gasteiger partial charge in [-0.15, -0.1) is 0 Å². The van der Waals surface area contributed by atoms with Gasteiger partial charge in [0.05, 0.1) is 0 Å². The van der Waals surface area contributed by atoms with E-state index < -0.39 is 32.4 Å². The van der Waals surface area contributed by atoms with Crippen LogP contribution in [0, 0.1) is 24.4 Å². The molecule has 0 N–H and O–H groups in total. The lowest BCUT2D eigenvalue weighted by atomic mass is 10.1. The van der Waals surface area contributed by atoms with Crippen LogP contribution >= 0.6 is 0 Å². The molecule has 0 saturated carbocycles. The van der Waals surface area contributed by atoms with Crippen molar-refractivity contribution in [3.05, 3.63) is 65.0 Å². The predicted octanol–water partition coefficient (Wildman–Crippen LogP) is 2.88. The number of rotatable bonds is 5. The summed E-state index contributed by atoms with van der Waals surface area (Å²) in [6.07, 6.45) is 0.882. The van der Waals surface area contributed by atoms with E-state index in [-0.39, 0.29) is 32.1 Å². The molecule has 5 nitrogen and oxygen atoms in total. The van der Waals surface area contributed by atoms with E-state index in [1.165, 1.54) is 0 Å². The second-order valence-corrected chi connectivity index (χ2v) is 8.85. The fraction of sp³-hybridized carbons (Fsp3) is 0.350. The van der Waals surface area contributed by atoms with Gasteiger partial charge >= 0.3 is 0 Å². The van der Waals surface area contributed by atoms with Crippen molar-refractivity contribution in [2.45, 2.75) is 24.7 Å². The van der Waals surface area contributed by atoms with Crippen LogP contribution in [-0.2, 0) is 21.2 Å². The van der Waals surface area contributed by atoms with Gasteiger partial charge in [0.15, 0.2) is 17.5 Å². The number of carbonyl (C=O) groups excluding carboxylic acids is 1. The predicted molar refractivity (Wildman–Crippen MR) is 101 cm³/mol. The molecule has 156 valence electrons. The summed E-state index contributed by atoms with van der Waals surface area (Å²) in [7, 11) is -4.33. The molecular formula is C20H21F3N2O3S. The maximum absolute atomic E-state index is 13.9. The summed E-state index contributed by atoms with van der Waals surface area (Å²) in [5.74, 6) is -5.11. The number of amides is 1. The zero-order valence-corrected chi connectivity index (χ0v) is 16.7. The van der Waals surface area contributed by atoms with Crippen LogP contribution in [0.1, 0.15) is 17.5 Å². The van der Waals surface area contributed by atoms with Crippen LogP contribution in [-0.4, -0.2) is 49.7 Å². The Morgan fingerprint density at radius 2 is 1.69 bits per heavy atom. The van der Waals surface area contributed by atoms with Gasteiger partial charge in [0.1, 0.15) is 4.90 Å². The normalized spacial score (nSPS) is 15.5. The summed E-state index contributed by atoms with van der Waals surface area (Å²) in [4.78, 5) is 13.1. The molecule has 0 unspecified atom stereocenters. The minimum absolute atomic E-state index is 0.0447. The largest absolute Gasteiger partial charge is 0.340 e. The lowest BCUT2D eigenvalue weighted by Gasteiger charge is -2.34. The summed E-state index contributed by atoms with van der Waals surface area (Å²) in [5.41, 5.74) is 2.16. The summed E-state index contributed by atoms with van der Waals surface area (Å²) in [6.45, 7) is 2.18. The molecule has 1 aliphatic heterocycles. The Kier molecular flexibility index (Phi) is 6.28. The number of aryl methyl sites for hydroxylation is 2. The van der Waals surface area contributed by atoms with Gasteiger partial charge in [0.2, 0.25) is 15.9 Å². The molecule has 1 aliphatic rings. The summed E-state index contributed by atoms with van der Waals surface area (Å²) >= 11 is 0. The lowest BCUT2D eigenvalue weighted by Crippen LogP contribution is -2.50. The molecule has 2 aromatic rings. The van der Waals surface area contributed by atoms with Crippen molar-refractivity contribution in [1.29, 1.82) is 0 Å². The Hall–Kier alpha value is -2.39. The van der Waals surface area contributed by atoms with Crippen LogP contribution in [0.15, 0.2) is 41.3 Å². The molecule has 0 bridgehead atoms. The van der Waals surface area contributed by atoms with Gasteiger partial charge in [-0.05, 0) is 31.0 Å². The SMILES string of the molecule is Cc1cccc(CCC(=O)N2CCN(S(=O)(=O)c3ccc(F)c(F)c3F)CC2)c1. The zero-order chi connectivity index (χ0) is 21.2. The standard InChI is InChI=1S/C20H21F3N2O3S/c1-14-3-2-4-15(13-14)5-8-18(26)24-9-11-25(12-10-24)29(27,28)17-7-6-16(21)19(22)20(17)23/h2-4,6-7,13H,5,8-12H2,1H3. The van der Waals surface area contributed by atoms with Crippen LogP contribution in [0.4, 0.5) is 13.2 Å². The zero-order valence-electron chi connectivity index (χ0n) is 15.9. The monoisotopic (exact) mass is 426 g/mol. The molecule has 0 aromatic heterocycles. The molecule has 0 spiro atoms. The van der Waals surface area contributed by atoms with Crippen molar-refractivity contribution >= 4 is 15.9 Å². The van der Waals surface area contributed by atoms with Crippen LogP contribution in [0.25, 0.3) is 0 Å². The van der Waals surface area contributed by atoms with Gasteiger partial charge in [-0.1, -0.05) is 29.8 Å². The molecule has 1 fully saturated rings. The van der Waals surface area contributed by atoms with Crippen LogP contribution in [0.5, 0.6) is 0 Å². The molecule has 0 radical (unpaired) electrons. The molecule has 3 rings (SSSR count). The maximum atomic E-state index is 13.9. The van der Waals surface area contributed by atoms with Gasteiger partial charge in [0, 0.05) is 32.6 Å². The molecular weight excluding hydrogens is 405 g/mol. The number of sulfonamides is 1. The van der Waals surface area contributed by atoms with Crippen molar-refractivity contribution in [2.24, 2.45) is 0 Å². The number of hydrogen-bond acceptors (Lipinski definition) is 3. The third kappa shape index (κ3) is 4.62. The minimum Gasteiger partial charge on any atom is -0.340 e. The minimum atomic E-state index is -4.33. The molecule has 0 atom stereocenters. The van der Waals surface area contributed by atoms with Crippen molar-refractivity contribution in [1.82, 2.24) is 9.21 Å². The highest BCUT2D eigenvalue weighted by Crippen LogP contribution is 2.24. The first-order chi connectivity index (χ1) is 13.7. The van der Waals surface area contributed by atoms with E-state index in [0.717, 1.165) is 15.4 Å². The highest BCUT2D eigenvalue weighted by Gasteiger charge is 2.33. The summed E-state index contributed by atoms with van der Waals surface area (Å²) in [6, 6.07) is 9.14. The van der Waals surface area contributed by atoms with Crippen molar-refractivity contribution in [2.75, 3.05) is 26.2 Å². The third-order valence-electron chi connectivity index (χ3n) is 4.92. The van der Waals surface area contributed by atoms with Crippen molar-refractivity contribution < 1.29 is 26.4 Å². The topological polar surface area (TPSA) is 57.7 Å². The highest BCUT2D eigenvalue weighted by molar-refractivity contribution is 7.89. The second-order valence-electron chi connectivity index (χ2n) is 6.95. The number of halogens is 3. The number of nitrogens with zero attached hydrogens (tertiary/aromatic N) is 2. The average Bonchev–Trinajstić information content (AvgIpc) is 2.70. The third-order valence-corrected chi connectivity index (χ3v) is 6.84. The fourth-order valence-electron chi connectivity index (χ4n) is 3.30. The fourth-order valence-corrected chi connectivity index (χ4v) is 4.78. The molecule has 2 aromatic carbocycles. The van der Waals surface area contributed by atoms with E-state index in [2.05, 4.69) is 0 Å². The first kappa shape index (κ1) is 21.3. The smallest absolute Gasteiger partial charge is 0.246 e. The molecule has 9 heteroatoms. The van der Waals surface area contributed by atoms with E-state index in [1.54, 1.807) is 4.90 Å². The molecule has 1 heterocycles. The van der Waals surface area contributed by atoms with E-state index in [9.17, 15) is 26.4 Å². The first-order valence-corrected chi connectivity index (χ1v) is 10.6. The lowest BCUT2D eigenvalue weighted by molar-refractivity contribution is -0.132. The van der Waals surface area contributed by atoms with Crippen LogP contribution in [0.3, 0.4) is 0 Å². The summed E-state index contributed by atoms with van der Waals surface area (Å²) < 4.78 is 66.6. The van der Waals surface area contributed by atoms with Gasteiger partial charge in [-0.3, -0.25) is 4.79 Å². The van der Waals surface area contributed by atoms with E-state index in [1.807, 2.05) is 31.2 Å². The van der Waals surface area contributed by atoms with E-state index >= 15 is 0 Å². The van der Waals surface area contributed by atoms with Gasteiger partial charge in [-0.25, -0.2) is 21.6 Å². The second kappa shape index (κ2) is 8.54. The Morgan fingerprint density at radius 1 is 1.00 bits per heavy atom. The summed E-state index contributed by atoms with van der Waals surface area (Å²) in [5, 5.41) is 0. The van der Waals surface area contributed by atoms with Gasteiger partial charge in [0.25, 0.3) is 0 Å². The number of carbonyl (C=O) groups is 1. The quantitative estimate of drug-likeness (QED) is 0.691. The van der Waals surface area contributed by atoms with Crippen LogP contribution < -0.4 is 0 Å². The van der Waals surface area contributed by atoms with E-state index in [0.29, 0.717) is 25.0 Å². The first-order valence-electron chi connectivity index (χ1n) is 9.17. The van der Waals surface area contributed by atoms with E-state index in [4.69, 9.17) is 0 Å². The average molecular weight is 426 g/mol. The molecule has 29 heavy (non-hydrogen) atoms. The Morgan fingerprint density at radius 3 is 2.34 bits per heavy atom. The molecule has 1 amide bonds. The maximum Gasteiger partial charge on any atom is 0.246 e. The number of benzene rings is 2. The number of piperazine rings is 1. The number of hydrogen-bond donors (Lipinski definition) is 0. The highest BCUT2D eigenvalue weighted by atomic mass is 32.2. The molecule has 1 saturated heterocycles.